The molecule has 0 saturated carbocycles. The van der Waals surface area contributed by atoms with E-state index in [-0.39, 0.29) is 12.4 Å². The minimum absolute atomic E-state index is 0.0721. The number of amides is 2. The highest BCUT2D eigenvalue weighted by Gasteiger charge is 2.48. The second-order valence-corrected chi connectivity index (χ2v) is 8.62. The van der Waals surface area contributed by atoms with Crippen molar-refractivity contribution in [1.82, 2.24) is 10.2 Å². The Morgan fingerprint density at radius 1 is 1.08 bits per heavy atom. The summed E-state index contributed by atoms with van der Waals surface area (Å²) in [5.41, 5.74) is 7.34. The van der Waals surface area contributed by atoms with Crippen LogP contribution >= 0.6 is 0 Å². The molecule has 0 fully saturated rings. The third-order valence-corrected chi connectivity index (χ3v) is 6.28. The topological polar surface area (TPSA) is 149 Å². The second kappa shape index (κ2) is 10.3. The molecule has 0 radical (unpaired) electrons. The number of nitrogen functional groups attached to an aromatic ring is 1. The standard InChI is InChI=1S/C27H27N5O4/c28-25(29)20-12-10-19(11-13-20)24-21-8-4-5-9-22(21)31-27(30-17-33,16-23(34)35)26(36)32(24)15-14-18-6-2-1-3-7-18/h1-13,17,24,31H,14-16H2,(H3,28,29)(H,30,33)(H,34,35). The molecule has 3 aromatic carbocycles. The first-order valence-corrected chi connectivity index (χ1v) is 11.4. The highest BCUT2D eigenvalue weighted by molar-refractivity contribution is 5.97. The molecule has 0 saturated heterocycles. The summed E-state index contributed by atoms with van der Waals surface area (Å²) in [5, 5.41) is 22.9. The van der Waals surface area contributed by atoms with E-state index in [2.05, 4.69) is 10.6 Å². The van der Waals surface area contributed by atoms with Gasteiger partial charge in [-0.25, -0.2) is 0 Å². The monoisotopic (exact) mass is 485 g/mol. The Morgan fingerprint density at radius 2 is 1.75 bits per heavy atom. The van der Waals surface area contributed by atoms with E-state index in [0.29, 0.717) is 24.1 Å². The van der Waals surface area contributed by atoms with Crippen LogP contribution in [0.15, 0.2) is 78.9 Å². The van der Waals surface area contributed by atoms with Crippen LogP contribution < -0.4 is 16.4 Å². The minimum atomic E-state index is -1.88. The van der Waals surface area contributed by atoms with Crippen LogP contribution in [0, 0.1) is 5.41 Å². The molecule has 4 rings (SSSR count). The molecule has 2 atom stereocenters. The molecule has 184 valence electrons. The van der Waals surface area contributed by atoms with Gasteiger partial charge in [-0.05, 0) is 23.6 Å². The lowest BCUT2D eigenvalue weighted by atomic mass is 9.94. The molecule has 0 aliphatic carbocycles. The number of carbonyl (C=O) groups excluding carboxylic acids is 2. The molecule has 0 spiro atoms. The second-order valence-electron chi connectivity index (χ2n) is 8.62. The Hall–Kier alpha value is -4.66. The van der Waals surface area contributed by atoms with Gasteiger partial charge in [-0.2, -0.15) is 0 Å². The lowest BCUT2D eigenvalue weighted by Gasteiger charge is -2.37. The highest BCUT2D eigenvalue weighted by Crippen LogP contribution is 2.39. The number of carbonyl (C=O) groups is 3. The van der Waals surface area contributed by atoms with E-state index in [1.54, 1.807) is 41.3 Å². The van der Waals surface area contributed by atoms with Gasteiger partial charge in [0.1, 0.15) is 5.84 Å². The highest BCUT2D eigenvalue weighted by atomic mass is 16.4. The number of para-hydroxylation sites is 1. The Kier molecular flexibility index (Phi) is 7.00. The van der Waals surface area contributed by atoms with E-state index in [1.807, 2.05) is 42.5 Å². The van der Waals surface area contributed by atoms with Crippen molar-refractivity contribution < 1.29 is 19.5 Å². The third-order valence-electron chi connectivity index (χ3n) is 6.28. The fourth-order valence-corrected chi connectivity index (χ4v) is 4.59. The summed E-state index contributed by atoms with van der Waals surface area (Å²) in [5.74, 6) is -1.88. The van der Waals surface area contributed by atoms with Gasteiger partial charge < -0.3 is 26.4 Å². The SMILES string of the molecule is N=C(N)c1ccc(C2c3ccccc3NC(CC(=O)O)(NC=O)C(=O)N2CCc2ccccc2)cc1. The van der Waals surface area contributed by atoms with Crippen LogP contribution in [-0.4, -0.2) is 46.3 Å². The number of nitrogens with zero attached hydrogens (tertiary/aromatic N) is 1. The summed E-state index contributed by atoms with van der Waals surface area (Å²) in [7, 11) is 0. The fraction of sp³-hybridized carbons (Fsp3) is 0.185. The number of hydrogen-bond donors (Lipinski definition) is 5. The van der Waals surface area contributed by atoms with E-state index < -0.39 is 30.0 Å². The molecule has 0 bridgehead atoms. The van der Waals surface area contributed by atoms with Gasteiger partial charge in [0.15, 0.2) is 0 Å². The van der Waals surface area contributed by atoms with E-state index >= 15 is 0 Å². The average Bonchev–Trinajstić information content (AvgIpc) is 2.96. The average molecular weight is 486 g/mol. The van der Waals surface area contributed by atoms with Crippen LogP contribution in [0.1, 0.15) is 34.7 Å². The first-order valence-electron chi connectivity index (χ1n) is 11.4. The van der Waals surface area contributed by atoms with Gasteiger partial charge in [0, 0.05) is 23.4 Å². The zero-order valence-electron chi connectivity index (χ0n) is 19.5. The normalized spacial score (nSPS) is 18.9. The third kappa shape index (κ3) is 4.90. The number of rotatable bonds is 9. The number of anilines is 1. The quantitative estimate of drug-likeness (QED) is 0.179. The number of hydrogen-bond acceptors (Lipinski definition) is 5. The van der Waals surface area contributed by atoms with Gasteiger partial charge in [0.2, 0.25) is 12.1 Å². The molecule has 9 heteroatoms. The summed E-state index contributed by atoms with van der Waals surface area (Å²) in [4.78, 5) is 39.3. The molecule has 0 aromatic heterocycles. The summed E-state index contributed by atoms with van der Waals surface area (Å²) >= 11 is 0. The fourth-order valence-electron chi connectivity index (χ4n) is 4.59. The van der Waals surface area contributed by atoms with Crippen LogP contribution in [0.3, 0.4) is 0 Å². The zero-order valence-corrected chi connectivity index (χ0v) is 19.5. The molecule has 2 amide bonds. The van der Waals surface area contributed by atoms with Crippen molar-refractivity contribution in [3.05, 3.63) is 101 Å². The molecular formula is C27H27N5O4. The van der Waals surface area contributed by atoms with E-state index in [0.717, 1.165) is 16.7 Å². The number of nitrogens with two attached hydrogens (primary N) is 1. The predicted molar refractivity (Wildman–Crippen MR) is 135 cm³/mol. The van der Waals surface area contributed by atoms with Crippen LogP contribution in [0.25, 0.3) is 0 Å². The van der Waals surface area contributed by atoms with Crippen LogP contribution in [-0.2, 0) is 20.8 Å². The number of carboxylic acids is 1. The number of benzene rings is 3. The number of aliphatic carboxylic acids is 1. The van der Waals surface area contributed by atoms with Gasteiger partial charge >= 0.3 is 5.97 Å². The van der Waals surface area contributed by atoms with Gasteiger partial charge in [-0.1, -0.05) is 72.8 Å². The maximum Gasteiger partial charge on any atom is 0.308 e. The molecule has 3 aromatic rings. The van der Waals surface area contributed by atoms with Gasteiger partial charge in [-0.15, -0.1) is 0 Å². The van der Waals surface area contributed by atoms with E-state index in [4.69, 9.17) is 11.1 Å². The molecule has 2 unspecified atom stereocenters. The van der Waals surface area contributed by atoms with Crippen LogP contribution in [0.2, 0.25) is 0 Å². The Morgan fingerprint density at radius 3 is 2.39 bits per heavy atom. The number of fused-ring (bicyclic) bond motifs is 1. The molecule has 6 N–H and O–H groups in total. The zero-order chi connectivity index (χ0) is 25.7. The summed E-state index contributed by atoms with van der Waals surface area (Å²) < 4.78 is 0. The van der Waals surface area contributed by atoms with Gasteiger partial charge in [-0.3, -0.25) is 19.8 Å². The number of carboxylic acid groups (broad SMARTS) is 1. The summed E-state index contributed by atoms with van der Waals surface area (Å²) in [6.07, 6.45) is 0.200. The van der Waals surface area contributed by atoms with Crippen molar-refractivity contribution in [3.8, 4) is 0 Å². The molecule has 9 nitrogen and oxygen atoms in total. The van der Waals surface area contributed by atoms with Gasteiger partial charge in [0.05, 0.1) is 12.5 Å². The number of nitrogens with one attached hydrogen (secondary N) is 3. The van der Waals surface area contributed by atoms with E-state index in [1.165, 1.54) is 0 Å². The lowest BCUT2D eigenvalue weighted by molar-refractivity contribution is -0.147. The van der Waals surface area contributed by atoms with Crippen LogP contribution in [0.5, 0.6) is 0 Å². The Balaban J connectivity index is 1.88. The Bertz CT molecular complexity index is 1280. The molecule has 1 aliphatic heterocycles. The van der Waals surface area contributed by atoms with Gasteiger partial charge in [0.25, 0.3) is 5.91 Å². The molecule has 1 aliphatic rings. The first kappa shape index (κ1) is 24.5. The smallest absolute Gasteiger partial charge is 0.308 e. The molecule has 1 heterocycles. The van der Waals surface area contributed by atoms with Crippen molar-refractivity contribution in [1.29, 1.82) is 5.41 Å². The first-order chi connectivity index (χ1) is 17.3. The maximum absolute atomic E-state index is 14.2. The molecule has 36 heavy (non-hydrogen) atoms. The minimum Gasteiger partial charge on any atom is -0.481 e. The Labute approximate surface area is 208 Å². The predicted octanol–water partition coefficient (Wildman–Crippen LogP) is 2.47. The van der Waals surface area contributed by atoms with Crippen LogP contribution in [0.4, 0.5) is 5.69 Å². The summed E-state index contributed by atoms with van der Waals surface area (Å²) in [6.45, 7) is 0.264. The van der Waals surface area contributed by atoms with Crippen molar-refractivity contribution in [2.75, 3.05) is 11.9 Å². The van der Waals surface area contributed by atoms with Crippen molar-refractivity contribution >= 4 is 29.8 Å². The maximum atomic E-state index is 14.2. The number of amidine groups is 1. The van der Waals surface area contributed by atoms with Crippen molar-refractivity contribution in [2.45, 2.75) is 24.5 Å². The van der Waals surface area contributed by atoms with E-state index in [9.17, 15) is 19.5 Å². The summed E-state index contributed by atoms with van der Waals surface area (Å²) in [6, 6.07) is 23.3. The molecular weight excluding hydrogens is 458 g/mol. The van der Waals surface area contributed by atoms with Crippen molar-refractivity contribution in [2.24, 2.45) is 5.73 Å². The van der Waals surface area contributed by atoms with Crippen molar-refractivity contribution in [3.63, 3.8) is 0 Å². The largest absolute Gasteiger partial charge is 0.481 e. The lowest BCUT2D eigenvalue weighted by Crippen LogP contribution is -2.63.